The summed E-state index contributed by atoms with van der Waals surface area (Å²) in [6.45, 7) is 0. The zero-order chi connectivity index (χ0) is 12.0. The summed E-state index contributed by atoms with van der Waals surface area (Å²) in [4.78, 5) is 0. The molecule has 0 N–H and O–H groups in total. The average Bonchev–Trinajstić information content (AvgIpc) is 3.08. The molecule has 2 aliphatic rings. The van der Waals surface area contributed by atoms with Crippen LogP contribution in [-0.4, -0.2) is 25.5 Å². The van der Waals surface area contributed by atoms with Gasteiger partial charge in [0.15, 0.2) is 0 Å². The number of hydrogen-bond donors (Lipinski definition) is 0. The quantitative estimate of drug-likeness (QED) is 0.610. The van der Waals surface area contributed by atoms with E-state index in [1.165, 1.54) is 10.5 Å². The van der Waals surface area contributed by atoms with Crippen molar-refractivity contribution < 1.29 is 4.74 Å². The first-order valence-electron chi connectivity index (χ1n) is 6.65. The van der Waals surface area contributed by atoms with Crippen molar-refractivity contribution >= 4 is 22.1 Å². The van der Waals surface area contributed by atoms with E-state index in [-0.39, 0.29) is 0 Å². The van der Waals surface area contributed by atoms with Crippen LogP contribution in [0.3, 0.4) is 0 Å². The third-order valence-corrected chi connectivity index (χ3v) is 15.1. The van der Waals surface area contributed by atoms with E-state index in [9.17, 15) is 0 Å². The van der Waals surface area contributed by atoms with Crippen molar-refractivity contribution in [2.24, 2.45) is 0 Å². The van der Waals surface area contributed by atoms with E-state index >= 15 is 0 Å². The van der Waals surface area contributed by atoms with Crippen LogP contribution in [0, 0.1) is 0 Å². The molecular weight excluding hydrogens is 281 g/mol. The summed E-state index contributed by atoms with van der Waals surface area (Å²) in [5.41, 5.74) is 0. The van der Waals surface area contributed by atoms with Gasteiger partial charge in [-0.3, -0.25) is 0 Å². The standard InChI is InChI=1S/C16H16GeO/c1-3-7-13(8-4-1)17(11-15-16(12-17)18-15)14-9-5-2-6-10-14/h1-10,15-16H,11-12H2. The maximum atomic E-state index is 5.70. The number of epoxide rings is 1. The Hall–Kier alpha value is -1.06. The Morgan fingerprint density at radius 1 is 0.722 bits per heavy atom. The Bertz CT molecular complexity index is 500. The van der Waals surface area contributed by atoms with Gasteiger partial charge in [0.1, 0.15) is 0 Å². The minimum atomic E-state index is -2.12. The Kier molecular flexibility index (Phi) is 2.39. The molecule has 4 rings (SSSR count). The number of fused-ring (bicyclic) bond motifs is 1. The van der Waals surface area contributed by atoms with Crippen LogP contribution in [0.15, 0.2) is 60.7 Å². The third kappa shape index (κ3) is 1.58. The van der Waals surface area contributed by atoms with Gasteiger partial charge in [0.2, 0.25) is 0 Å². The maximum absolute atomic E-state index is 5.70. The summed E-state index contributed by atoms with van der Waals surface area (Å²) in [6.07, 6.45) is 1.15. The molecule has 2 fully saturated rings. The second-order valence-electron chi connectivity index (χ2n) is 5.44. The molecule has 0 amide bonds. The summed E-state index contributed by atoms with van der Waals surface area (Å²) >= 11 is -2.12. The second kappa shape index (κ2) is 3.97. The molecule has 0 radical (unpaired) electrons. The normalized spacial score (nSPS) is 27.8. The Morgan fingerprint density at radius 3 is 1.61 bits per heavy atom. The monoisotopic (exact) mass is 298 g/mol. The van der Waals surface area contributed by atoms with E-state index in [0.29, 0.717) is 12.2 Å². The third-order valence-electron chi connectivity index (χ3n) is 4.44. The second-order valence-corrected chi connectivity index (χ2v) is 14.1. The van der Waals surface area contributed by atoms with Gasteiger partial charge < -0.3 is 0 Å². The first-order chi connectivity index (χ1) is 8.88. The Balaban J connectivity index is 1.85. The van der Waals surface area contributed by atoms with Gasteiger partial charge >= 0.3 is 110 Å². The van der Waals surface area contributed by atoms with E-state index in [1.54, 1.807) is 8.79 Å². The van der Waals surface area contributed by atoms with E-state index in [1.807, 2.05) is 0 Å². The Labute approximate surface area is 110 Å². The van der Waals surface area contributed by atoms with Gasteiger partial charge in [-0.05, 0) is 0 Å². The predicted octanol–water partition coefficient (Wildman–Crippen LogP) is 2.03. The van der Waals surface area contributed by atoms with Gasteiger partial charge in [0, 0.05) is 0 Å². The van der Waals surface area contributed by atoms with Crippen molar-refractivity contribution in [2.75, 3.05) is 0 Å². The van der Waals surface area contributed by atoms with Crippen molar-refractivity contribution in [1.29, 1.82) is 0 Å². The molecule has 18 heavy (non-hydrogen) atoms. The number of benzene rings is 2. The zero-order valence-electron chi connectivity index (χ0n) is 10.3. The summed E-state index contributed by atoms with van der Waals surface area (Å²) in [5, 5.41) is 2.64. The first-order valence-corrected chi connectivity index (χ1v) is 11.7. The van der Waals surface area contributed by atoms with Gasteiger partial charge in [0.05, 0.1) is 0 Å². The molecule has 0 aromatic heterocycles. The molecule has 2 unspecified atom stereocenters. The van der Waals surface area contributed by atoms with Crippen LogP contribution in [0.2, 0.25) is 10.5 Å². The number of ether oxygens (including phenoxy) is 1. The number of rotatable bonds is 2. The first kappa shape index (κ1) is 10.8. The summed E-state index contributed by atoms with van der Waals surface area (Å²) in [6, 6.07) is 22.4. The van der Waals surface area contributed by atoms with Crippen LogP contribution in [0.4, 0.5) is 0 Å². The fourth-order valence-corrected chi connectivity index (χ4v) is 14.4. The molecule has 2 aliphatic heterocycles. The molecule has 1 nitrogen and oxygen atoms in total. The zero-order valence-corrected chi connectivity index (χ0v) is 12.3. The van der Waals surface area contributed by atoms with Crippen molar-refractivity contribution in [3.05, 3.63) is 60.7 Å². The van der Waals surface area contributed by atoms with Gasteiger partial charge in [-0.15, -0.1) is 0 Å². The molecule has 2 heterocycles. The molecule has 2 heteroatoms. The molecule has 90 valence electrons. The molecule has 0 spiro atoms. The number of hydrogen-bond acceptors (Lipinski definition) is 1. The van der Waals surface area contributed by atoms with Crippen molar-refractivity contribution in [2.45, 2.75) is 22.7 Å². The van der Waals surface area contributed by atoms with Crippen molar-refractivity contribution in [3.63, 3.8) is 0 Å². The minimum absolute atomic E-state index is 0.574. The van der Waals surface area contributed by atoms with Gasteiger partial charge in [-0.1, -0.05) is 0 Å². The molecule has 0 aliphatic carbocycles. The topological polar surface area (TPSA) is 12.5 Å². The molecule has 2 aromatic carbocycles. The van der Waals surface area contributed by atoms with Crippen LogP contribution < -0.4 is 8.79 Å². The SMILES string of the molecule is c1cc[c]([Ge]2([c]3ccccc3)[CH2]C3OC3[CH2]2)cc1. The van der Waals surface area contributed by atoms with E-state index in [2.05, 4.69) is 60.7 Å². The van der Waals surface area contributed by atoms with Crippen LogP contribution in [0.1, 0.15) is 0 Å². The molecule has 2 aromatic rings. The molecule has 0 bridgehead atoms. The van der Waals surface area contributed by atoms with Crippen molar-refractivity contribution in [3.8, 4) is 0 Å². The van der Waals surface area contributed by atoms with Gasteiger partial charge in [-0.2, -0.15) is 0 Å². The summed E-state index contributed by atoms with van der Waals surface area (Å²) in [5.74, 6) is 0. The van der Waals surface area contributed by atoms with Crippen LogP contribution >= 0.6 is 0 Å². The summed E-state index contributed by atoms with van der Waals surface area (Å²) in [7, 11) is 0. The fourth-order valence-electron chi connectivity index (χ4n) is 3.46. The van der Waals surface area contributed by atoms with Crippen LogP contribution in [-0.2, 0) is 4.74 Å². The predicted molar refractivity (Wildman–Crippen MR) is 76.2 cm³/mol. The average molecular weight is 297 g/mol. The van der Waals surface area contributed by atoms with E-state index in [4.69, 9.17) is 4.74 Å². The molecular formula is C16H16GeO. The van der Waals surface area contributed by atoms with Gasteiger partial charge in [-0.25, -0.2) is 0 Å². The molecule has 0 saturated carbocycles. The Morgan fingerprint density at radius 2 is 1.17 bits per heavy atom. The molecule has 2 saturated heterocycles. The fraction of sp³-hybridized carbons (Fsp3) is 0.250. The van der Waals surface area contributed by atoms with Gasteiger partial charge in [0.25, 0.3) is 0 Å². The van der Waals surface area contributed by atoms with Crippen molar-refractivity contribution in [1.82, 2.24) is 0 Å². The molecule has 2 atom stereocenters. The van der Waals surface area contributed by atoms with E-state index < -0.39 is 13.3 Å². The summed E-state index contributed by atoms with van der Waals surface area (Å²) < 4.78 is 8.95. The van der Waals surface area contributed by atoms with Crippen LogP contribution in [0.5, 0.6) is 0 Å². The van der Waals surface area contributed by atoms with Crippen LogP contribution in [0.25, 0.3) is 0 Å². The van der Waals surface area contributed by atoms with E-state index in [0.717, 1.165) is 0 Å².